The normalized spacial score (nSPS) is 29.4. The summed E-state index contributed by atoms with van der Waals surface area (Å²) >= 11 is 0. The van der Waals surface area contributed by atoms with Crippen LogP contribution in [0.2, 0.25) is 0 Å². The first kappa shape index (κ1) is 17.0. The van der Waals surface area contributed by atoms with Gasteiger partial charge in [-0.15, -0.1) is 0 Å². The van der Waals surface area contributed by atoms with Gasteiger partial charge in [0.25, 0.3) is 0 Å². The Morgan fingerprint density at radius 2 is 1.79 bits per heavy atom. The summed E-state index contributed by atoms with van der Waals surface area (Å²) in [7, 11) is -2.90. The molecule has 0 atom stereocenters. The quantitative estimate of drug-likeness (QED) is 0.817. The van der Waals surface area contributed by atoms with Gasteiger partial charge in [0.2, 0.25) is 0 Å². The molecular formula is C15H30O3S. The molecule has 3 nitrogen and oxygen atoms in total. The molecule has 0 unspecified atom stereocenters. The highest BCUT2D eigenvalue weighted by Crippen LogP contribution is 2.44. The maximum Gasteiger partial charge on any atom is 0.147 e. The Balaban J connectivity index is 2.43. The lowest BCUT2D eigenvalue weighted by atomic mass is 9.66. The van der Waals surface area contributed by atoms with Gasteiger partial charge in [-0.05, 0) is 49.9 Å². The molecule has 0 saturated heterocycles. The molecule has 0 aromatic rings. The van der Waals surface area contributed by atoms with Crippen LogP contribution in [-0.2, 0) is 9.84 Å². The molecule has 0 heterocycles. The van der Waals surface area contributed by atoms with Crippen LogP contribution in [0.25, 0.3) is 0 Å². The van der Waals surface area contributed by atoms with Crippen molar-refractivity contribution in [1.82, 2.24) is 0 Å². The summed E-state index contributed by atoms with van der Waals surface area (Å²) in [5, 5.41) is 10.5. The van der Waals surface area contributed by atoms with Crippen molar-refractivity contribution in [1.29, 1.82) is 0 Å². The molecule has 0 aliphatic heterocycles. The van der Waals surface area contributed by atoms with Crippen LogP contribution in [0, 0.1) is 11.3 Å². The molecule has 1 N–H and O–H groups in total. The molecule has 1 rings (SSSR count). The molecule has 19 heavy (non-hydrogen) atoms. The maximum absolute atomic E-state index is 11.1. The maximum atomic E-state index is 11.1. The van der Waals surface area contributed by atoms with E-state index in [1.807, 2.05) is 0 Å². The van der Waals surface area contributed by atoms with Crippen molar-refractivity contribution in [2.75, 3.05) is 12.0 Å². The van der Waals surface area contributed by atoms with Crippen molar-refractivity contribution in [3.8, 4) is 0 Å². The van der Waals surface area contributed by atoms with Crippen molar-refractivity contribution in [2.45, 2.75) is 71.3 Å². The van der Waals surface area contributed by atoms with Gasteiger partial charge >= 0.3 is 0 Å². The van der Waals surface area contributed by atoms with Gasteiger partial charge in [0.1, 0.15) is 9.84 Å². The number of hydrogen-bond acceptors (Lipinski definition) is 3. The highest BCUT2D eigenvalue weighted by atomic mass is 32.2. The molecule has 0 aromatic carbocycles. The van der Waals surface area contributed by atoms with Gasteiger partial charge in [-0.1, -0.05) is 27.2 Å². The van der Waals surface area contributed by atoms with Crippen LogP contribution >= 0.6 is 0 Å². The van der Waals surface area contributed by atoms with E-state index in [9.17, 15) is 13.5 Å². The summed E-state index contributed by atoms with van der Waals surface area (Å²) < 4.78 is 22.2. The molecule has 1 saturated carbocycles. The molecule has 0 radical (unpaired) electrons. The van der Waals surface area contributed by atoms with Crippen molar-refractivity contribution < 1.29 is 13.5 Å². The molecule has 0 bridgehead atoms. The summed E-state index contributed by atoms with van der Waals surface area (Å²) in [4.78, 5) is 0. The largest absolute Gasteiger partial charge is 0.390 e. The van der Waals surface area contributed by atoms with Gasteiger partial charge in [0.15, 0.2) is 0 Å². The van der Waals surface area contributed by atoms with Crippen molar-refractivity contribution in [3.63, 3.8) is 0 Å². The van der Waals surface area contributed by atoms with E-state index in [4.69, 9.17) is 0 Å². The third-order valence-electron chi connectivity index (χ3n) is 5.09. The second kappa shape index (κ2) is 6.13. The van der Waals surface area contributed by atoms with Gasteiger partial charge in [-0.25, -0.2) is 8.42 Å². The number of rotatable bonds is 6. The van der Waals surface area contributed by atoms with E-state index < -0.39 is 15.4 Å². The molecule has 4 heteroatoms. The Hall–Kier alpha value is -0.0900. The Kier molecular flexibility index (Phi) is 5.47. The molecule has 1 aliphatic carbocycles. The monoisotopic (exact) mass is 290 g/mol. The highest BCUT2D eigenvalue weighted by Gasteiger charge is 2.38. The second-order valence-electron chi connectivity index (χ2n) is 7.07. The summed E-state index contributed by atoms with van der Waals surface area (Å²) in [6.45, 7) is 6.85. The lowest BCUT2D eigenvalue weighted by Crippen LogP contribution is -2.38. The fourth-order valence-electron chi connectivity index (χ4n) is 3.14. The van der Waals surface area contributed by atoms with Crippen molar-refractivity contribution >= 4 is 9.84 Å². The molecular weight excluding hydrogens is 260 g/mol. The minimum absolute atomic E-state index is 0.194. The molecule has 1 aliphatic rings. The van der Waals surface area contributed by atoms with Gasteiger partial charge in [-0.2, -0.15) is 0 Å². The van der Waals surface area contributed by atoms with Gasteiger partial charge < -0.3 is 5.11 Å². The van der Waals surface area contributed by atoms with Crippen LogP contribution in [-0.4, -0.2) is 31.1 Å². The fourth-order valence-corrected chi connectivity index (χ4v) is 3.81. The van der Waals surface area contributed by atoms with Crippen molar-refractivity contribution in [2.24, 2.45) is 11.3 Å². The third kappa shape index (κ3) is 5.42. The van der Waals surface area contributed by atoms with Crippen LogP contribution < -0.4 is 0 Å². The standard InChI is InChI=1S/C15H30O3S/c1-5-14(2,3)13-7-10-15(16,11-8-13)9-6-12-19(4,17)18/h13,16H,5-12H2,1-4H3. The predicted octanol–water partition coefficient (Wildman–Crippen LogP) is 3.17. The third-order valence-corrected chi connectivity index (χ3v) is 6.12. The minimum atomic E-state index is -2.90. The van der Waals surface area contributed by atoms with Gasteiger partial charge in [0.05, 0.1) is 5.60 Å². The van der Waals surface area contributed by atoms with Crippen LogP contribution in [0.4, 0.5) is 0 Å². The summed E-state index contributed by atoms with van der Waals surface area (Å²) in [5.41, 5.74) is -0.265. The average Bonchev–Trinajstić information content (AvgIpc) is 2.27. The first-order chi connectivity index (χ1) is 8.58. The zero-order valence-corrected chi connectivity index (χ0v) is 13.7. The van der Waals surface area contributed by atoms with Crippen molar-refractivity contribution in [3.05, 3.63) is 0 Å². The molecule has 114 valence electrons. The van der Waals surface area contributed by atoms with E-state index in [0.29, 0.717) is 24.2 Å². The zero-order valence-electron chi connectivity index (χ0n) is 12.9. The molecule has 0 spiro atoms. The first-order valence-corrected chi connectivity index (χ1v) is 9.54. The number of sulfone groups is 1. The summed E-state index contributed by atoms with van der Waals surface area (Å²) in [6.07, 6.45) is 7.42. The van der Waals surface area contributed by atoms with Crippen LogP contribution in [0.15, 0.2) is 0 Å². The Morgan fingerprint density at radius 3 is 2.21 bits per heavy atom. The lowest BCUT2D eigenvalue weighted by molar-refractivity contribution is -0.0343. The number of hydrogen-bond donors (Lipinski definition) is 1. The van der Waals surface area contributed by atoms with E-state index >= 15 is 0 Å². The summed E-state index contributed by atoms with van der Waals surface area (Å²) in [5.74, 6) is 0.881. The van der Waals surface area contributed by atoms with Crippen LogP contribution in [0.1, 0.15) is 65.7 Å². The topological polar surface area (TPSA) is 54.4 Å². The SMILES string of the molecule is CCC(C)(C)C1CCC(O)(CCCS(C)(=O)=O)CC1. The van der Waals surface area contributed by atoms with Crippen LogP contribution in [0.5, 0.6) is 0 Å². The smallest absolute Gasteiger partial charge is 0.147 e. The molecule has 0 aromatic heterocycles. The Bertz CT molecular complexity index is 376. The summed E-state index contributed by atoms with van der Waals surface area (Å²) in [6, 6.07) is 0. The highest BCUT2D eigenvalue weighted by molar-refractivity contribution is 7.90. The molecule has 0 amide bonds. The minimum Gasteiger partial charge on any atom is -0.390 e. The number of aliphatic hydroxyl groups is 1. The Labute approximate surface area is 118 Å². The fraction of sp³-hybridized carbons (Fsp3) is 1.00. The van der Waals surface area contributed by atoms with E-state index in [1.165, 1.54) is 12.7 Å². The zero-order chi connectivity index (χ0) is 14.7. The average molecular weight is 290 g/mol. The van der Waals surface area contributed by atoms with E-state index in [1.54, 1.807) is 0 Å². The second-order valence-corrected chi connectivity index (χ2v) is 9.33. The predicted molar refractivity (Wildman–Crippen MR) is 79.9 cm³/mol. The van der Waals surface area contributed by atoms with Crippen LogP contribution in [0.3, 0.4) is 0 Å². The van der Waals surface area contributed by atoms with Gasteiger partial charge in [0, 0.05) is 12.0 Å². The van der Waals surface area contributed by atoms with Gasteiger partial charge in [-0.3, -0.25) is 0 Å². The van der Waals surface area contributed by atoms with E-state index in [0.717, 1.165) is 25.7 Å². The first-order valence-electron chi connectivity index (χ1n) is 7.48. The Morgan fingerprint density at radius 1 is 1.26 bits per heavy atom. The van der Waals surface area contributed by atoms with E-state index in [-0.39, 0.29) is 5.75 Å². The molecule has 1 fully saturated rings. The lowest BCUT2D eigenvalue weighted by Gasteiger charge is -2.42. The van der Waals surface area contributed by atoms with E-state index in [2.05, 4.69) is 20.8 Å².